The number of aromatic amines is 1. The van der Waals surface area contributed by atoms with Crippen LogP contribution in [0.1, 0.15) is 11.8 Å². The molecule has 0 radical (unpaired) electrons. The summed E-state index contributed by atoms with van der Waals surface area (Å²) in [7, 11) is 0. The van der Waals surface area contributed by atoms with Crippen LogP contribution >= 0.6 is 0 Å². The number of aliphatic hydroxyl groups excluding tert-OH is 3. The van der Waals surface area contributed by atoms with E-state index in [0.717, 1.165) is 10.7 Å². The fourth-order valence-electron chi connectivity index (χ4n) is 1.88. The Bertz CT molecular complexity index is 544. The third kappa shape index (κ3) is 2.36. The smallest absolute Gasteiger partial charge is 0.315 e. The predicted octanol–water partition coefficient (Wildman–Crippen LogP) is -4.04. The lowest BCUT2D eigenvalue weighted by atomic mass is 10.1. The maximum atomic E-state index is 11.5. The first-order valence-electron chi connectivity index (χ1n) is 5.48. The molecule has 0 amide bonds. The Kier molecular flexibility index (Phi) is 3.62. The van der Waals surface area contributed by atoms with E-state index in [0.29, 0.717) is 0 Å². The molecule has 104 valence electrons. The van der Waals surface area contributed by atoms with Crippen LogP contribution < -0.4 is 15.3 Å². The van der Waals surface area contributed by atoms with E-state index in [2.05, 4.69) is 5.10 Å². The van der Waals surface area contributed by atoms with Gasteiger partial charge in [-0.05, 0) is 5.90 Å². The summed E-state index contributed by atoms with van der Waals surface area (Å²) >= 11 is 0. The molecule has 1 fully saturated rings. The van der Waals surface area contributed by atoms with Crippen LogP contribution in [0.5, 0.6) is 0 Å². The topological polar surface area (TPSA) is 154 Å². The van der Waals surface area contributed by atoms with Gasteiger partial charge in [0.25, 0.3) is 0 Å². The maximum absolute atomic E-state index is 11.5. The Morgan fingerprint density at radius 2 is 2.21 bits per heavy atom. The van der Waals surface area contributed by atoms with Gasteiger partial charge < -0.3 is 30.6 Å². The first-order valence-corrected chi connectivity index (χ1v) is 5.48. The van der Waals surface area contributed by atoms with E-state index < -0.39 is 42.6 Å². The van der Waals surface area contributed by atoms with Crippen molar-refractivity contribution in [1.82, 2.24) is 5.10 Å². The van der Waals surface area contributed by atoms with Gasteiger partial charge in [-0.3, -0.25) is 4.79 Å². The molecule has 0 aromatic carbocycles. The van der Waals surface area contributed by atoms with E-state index >= 15 is 0 Å². The molecule has 5 N–H and O–H groups in total. The molecular weight excluding hydrogens is 258 g/mol. The Labute approximate surface area is 106 Å². The zero-order chi connectivity index (χ0) is 14.2. The van der Waals surface area contributed by atoms with Crippen LogP contribution in [0.3, 0.4) is 0 Å². The van der Waals surface area contributed by atoms with E-state index in [1.165, 1.54) is 6.20 Å². The standard InChI is InChI=1S/C10H13N3O6/c11-8(17)4-1-2-13(12-9(4)18)10-7(16)6(15)5(3-14)19-10/h1-2,5-7,10,14-16H,3H2,(H2-,11,12,17,18). The molecule has 0 spiro atoms. The summed E-state index contributed by atoms with van der Waals surface area (Å²) in [6, 6.07) is 1.11. The molecule has 4 unspecified atom stereocenters. The first-order chi connectivity index (χ1) is 8.95. The number of aliphatic hydroxyl groups is 3. The minimum absolute atomic E-state index is 0.344. The van der Waals surface area contributed by atoms with Gasteiger partial charge in [-0.25, -0.2) is 0 Å². The van der Waals surface area contributed by atoms with Crippen LogP contribution in [-0.2, 0) is 4.74 Å². The molecule has 9 heteroatoms. The molecule has 2 heterocycles. The first kappa shape index (κ1) is 13.6. The molecule has 4 atom stereocenters. The molecule has 0 saturated carbocycles. The van der Waals surface area contributed by atoms with Crippen molar-refractivity contribution in [1.29, 1.82) is 5.41 Å². The predicted molar refractivity (Wildman–Crippen MR) is 57.1 cm³/mol. The Morgan fingerprint density at radius 3 is 2.68 bits per heavy atom. The van der Waals surface area contributed by atoms with Crippen LogP contribution in [-0.4, -0.2) is 51.2 Å². The van der Waals surface area contributed by atoms with Gasteiger partial charge in [0.2, 0.25) is 0 Å². The highest BCUT2D eigenvalue weighted by molar-refractivity contribution is 5.87. The average Bonchev–Trinajstić information content (AvgIpc) is 2.65. The summed E-state index contributed by atoms with van der Waals surface area (Å²) in [6.07, 6.45) is -3.44. The molecule has 1 aromatic rings. The van der Waals surface area contributed by atoms with E-state index in [-0.39, 0.29) is 5.56 Å². The average molecular weight is 271 g/mol. The van der Waals surface area contributed by atoms with Crippen LogP contribution in [0, 0.1) is 5.41 Å². The van der Waals surface area contributed by atoms with Gasteiger partial charge in [0.1, 0.15) is 12.2 Å². The summed E-state index contributed by atoms with van der Waals surface area (Å²) in [5.74, 6) is -1.13. The van der Waals surface area contributed by atoms with Crippen LogP contribution in [0.2, 0.25) is 0 Å². The molecule has 0 bridgehead atoms. The number of nitrogens with one attached hydrogen (secondary N) is 2. The molecule has 1 aliphatic heterocycles. The van der Waals surface area contributed by atoms with Gasteiger partial charge in [0.15, 0.2) is 12.3 Å². The SMILES string of the molecule is N=C([O-])c1cc[n+](C2OC(CO)C(O)C2O)[nH]c1=O. The van der Waals surface area contributed by atoms with Gasteiger partial charge in [0.05, 0.1) is 12.2 Å². The van der Waals surface area contributed by atoms with Crippen LogP contribution in [0.15, 0.2) is 17.1 Å². The minimum atomic E-state index is -1.34. The maximum Gasteiger partial charge on any atom is 0.315 e. The van der Waals surface area contributed by atoms with Gasteiger partial charge >= 0.3 is 11.8 Å². The van der Waals surface area contributed by atoms with E-state index in [4.69, 9.17) is 15.3 Å². The van der Waals surface area contributed by atoms with Gasteiger partial charge in [0, 0.05) is 6.07 Å². The van der Waals surface area contributed by atoms with E-state index in [1.807, 2.05) is 0 Å². The summed E-state index contributed by atoms with van der Waals surface area (Å²) in [5, 5.41) is 48.2. The van der Waals surface area contributed by atoms with Gasteiger partial charge in [-0.2, -0.15) is 0 Å². The number of ether oxygens (including phenoxy) is 1. The second-order valence-electron chi connectivity index (χ2n) is 4.14. The van der Waals surface area contributed by atoms with Crippen LogP contribution in [0.25, 0.3) is 0 Å². The Hall–Kier alpha value is -1.81. The number of H-pyrrole nitrogens is 1. The van der Waals surface area contributed by atoms with Gasteiger partial charge in [-0.1, -0.05) is 4.68 Å². The Balaban J connectivity index is 2.31. The number of rotatable bonds is 3. The lowest BCUT2D eigenvalue weighted by Gasteiger charge is -2.10. The van der Waals surface area contributed by atoms with Crippen molar-refractivity contribution in [3.05, 3.63) is 28.2 Å². The normalized spacial score (nSPS) is 30.5. The summed E-state index contributed by atoms with van der Waals surface area (Å²) in [6.45, 7) is -0.483. The molecule has 0 aliphatic carbocycles. The molecule has 9 nitrogen and oxygen atoms in total. The fraction of sp³-hybridized carbons (Fsp3) is 0.500. The summed E-state index contributed by atoms with van der Waals surface area (Å²) in [5.41, 5.74) is -1.15. The quantitative estimate of drug-likeness (QED) is 0.214. The van der Waals surface area contributed by atoms with Crippen molar-refractivity contribution in [3.8, 4) is 0 Å². The third-order valence-corrected chi connectivity index (χ3v) is 2.91. The second-order valence-corrected chi connectivity index (χ2v) is 4.14. The van der Waals surface area contributed by atoms with Crippen molar-refractivity contribution >= 4 is 5.90 Å². The van der Waals surface area contributed by atoms with E-state index in [9.17, 15) is 20.1 Å². The van der Waals surface area contributed by atoms with Crippen molar-refractivity contribution in [2.24, 2.45) is 0 Å². The zero-order valence-electron chi connectivity index (χ0n) is 9.68. The van der Waals surface area contributed by atoms with Gasteiger partial charge in [-0.15, -0.1) is 5.10 Å². The number of hydrogen-bond acceptors (Lipinski definition) is 7. The summed E-state index contributed by atoms with van der Waals surface area (Å²) < 4.78 is 6.26. The lowest BCUT2D eigenvalue weighted by molar-refractivity contribution is -0.815. The third-order valence-electron chi connectivity index (χ3n) is 2.91. The van der Waals surface area contributed by atoms with Crippen molar-refractivity contribution in [2.45, 2.75) is 24.5 Å². The fourth-order valence-corrected chi connectivity index (χ4v) is 1.88. The molecule has 1 aliphatic rings. The zero-order valence-corrected chi connectivity index (χ0v) is 9.68. The molecule has 1 saturated heterocycles. The second kappa shape index (κ2) is 5.05. The molecule has 2 rings (SSSR count). The minimum Gasteiger partial charge on any atom is -0.859 e. The molecular formula is C10H13N3O6. The largest absolute Gasteiger partial charge is 0.859 e. The highest BCUT2D eigenvalue weighted by Crippen LogP contribution is 2.24. The van der Waals surface area contributed by atoms with E-state index in [1.54, 1.807) is 0 Å². The van der Waals surface area contributed by atoms with Crippen molar-refractivity contribution < 1.29 is 29.8 Å². The number of nitrogens with zero attached hydrogens (tertiary/aromatic N) is 1. The Morgan fingerprint density at radius 1 is 1.53 bits per heavy atom. The lowest BCUT2D eigenvalue weighted by Crippen LogP contribution is -2.52. The van der Waals surface area contributed by atoms with Crippen molar-refractivity contribution in [3.63, 3.8) is 0 Å². The number of hydrogen-bond donors (Lipinski definition) is 5. The highest BCUT2D eigenvalue weighted by atomic mass is 16.6. The summed E-state index contributed by atoms with van der Waals surface area (Å²) in [4.78, 5) is 11.5. The highest BCUT2D eigenvalue weighted by Gasteiger charge is 2.48. The molecule has 19 heavy (non-hydrogen) atoms. The molecule has 1 aromatic heterocycles. The monoisotopic (exact) mass is 271 g/mol. The van der Waals surface area contributed by atoms with Crippen LogP contribution in [0.4, 0.5) is 0 Å². The van der Waals surface area contributed by atoms with Crippen molar-refractivity contribution in [2.75, 3.05) is 6.61 Å². The number of aromatic nitrogens is 2.